The maximum absolute atomic E-state index is 13.1. The van der Waals surface area contributed by atoms with Crippen molar-refractivity contribution in [3.8, 4) is 6.07 Å². The summed E-state index contributed by atoms with van der Waals surface area (Å²) in [5, 5.41) is 14.7. The van der Waals surface area contributed by atoms with Crippen molar-refractivity contribution in [1.82, 2.24) is 14.1 Å². The minimum atomic E-state index is -3.70. The van der Waals surface area contributed by atoms with Crippen molar-refractivity contribution in [2.24, 2.45) is 11.1 Å². The maximum atomic E-state index is 13.1. The number of benzene rings is 1. The van der Waals surface area contributed by atoms with Gasteiger partial charge in [-0.3, -0.25) is 9.69 Å². The van der Waals surface area contributed by atoms with E-state index in [1.807, 2.05) is 4.90 Å². The lowest BCUT2D eigenvalue weighted by atomic mass is 9.96. The second-order valence-corrected chi connectivity index (χ2v) is 8.71. The molecule has 0 aromatic heterocycles. The number of rotatable bonds is 4. The van der Waals surface area contributed by atoms with Crippen molar-refractivity contribution in [3.05, 3.63) is 35.6 Å². The molecule has 0 spiro atoms. The first-order valence-electron chi connectivity index (χ1n) is 9.25. The highest BCUT2D eigenvalue weighted by atomic mass is 32.2. The Kier molecular flexibility index (Phi) is 6.30. The zero-order valence-electron chi connectivity index (χ0n) is 15.5. The number of carbonyl (C=O) groups is 1. The maximum Gasteiger partial charge on any atom is 0.276 e. The third kappa shape index (κ3) is 4.67. The van der Waals surface area contributed by atoms with E-state index in [4.69, 9.17) is 5.14 Å². The summed E-state index contributed by atoms with van der Waals surface area (Å²) >= 11 is 0. The van der Waals surface area contributed by atoms with E-state index >= 15 is 0 Å². The van der Waals surface area contributed by atoms with Crippen molar-refractivity contribution in [2.45, 2.75) is 18.9 Å². The number of halogens is 1. The molecule has 2 aliphatic heterocycles. The van der Waals surface area contributed by atoms with Gasteiger partial charge in [-0.2, -0.15) is 18.0 Å². The van der Waals surface area contributed by atoms with Gasteiger partial charge in [-0.1, -0.05) is 12.1 Å². The summed E-state index contributed by atoms with van der Waals surface area (Å²) in [6.07, 6.45) is 0.928. The number of nitrogens with zero attached hydrogens (tertiary/aromatic N) is 4. The molecule has 10 heteroatoms. The third-order valence-electron chi connectivity index (χ3n) is 5.46. The Hall–Kier alpha value is -2.06. The monoisotopic (exact) mass is 409 g/mol. The molecule has 152 valence electrons. The molecule has 1 aromatic rings. The second-order valence-electron chi connectivity index (χ2n) is 7.16. The van der Waals surface area contributed by atoms with E-state index in [1.54, 1.807) is 17.0 Å². The Morgan fingerprint density at radius 2 is 1.68 bits per heavy atom. The summed E-state index contributed by atoms with van der Waals surface area (Å²) < 4.78 is 37.1. The quantitative estimate of drug-likeness (QED) is 0.776. The highest BCUT2D eigenvalue weighted by Crippen LogP contribution is 2.25. The Bertz CT molecular complexity index is 839. The molecule has 28 heavy (non-hydrogen) atoms. The van der Waals surface area contributed by atoms with Crippen LogP contribution in [-0.4, -0.2) is 67.7 Å². The Labute approximate surface area is 164 Å². The molecule has 3 rings (SSSR count). The standard InChI is InChI=1S/C18H24FN5O3S/c19-16-3-1-14(2-4-16)17(13-20)22-9-11-23(12-10-22)18(25)15-5-7-24(8-6-15)28(21,26)27/h1-4,15,17H,5-12H2,(H2,21,26,27). The van der Waals surface area contributed by atoms with E-state index in [-0.39, 0.29) is 30.7 Å². The zero-order valence-corrected chi connectivity index (χ0v) is 16.3. The van der Waals surface area contributed by atoms with Crippen LogP contribution in [0, 0.1) is 23.1 Å². The van der Waals surface area contributed by atoms with Crippen molar-refractivity contribution >= 4 is 16.1 Å². The predicted octanol–water partition coefficient (Wildman–Crippen LogP) is 0.450. The molecule has 0 saturated carbocycles. The highest BCUT2D eigenvalue weighted by Gasteiger charge is 2.34. The van der Waals surface area contributed by atoms with E-state index < -0.39 is 16.3 Å². The molecule has 2 aliphatic rings. The number of piperidine rings is 1. The fourth-order valence-electron chi connectivity index (χ4n) is 3.83. The Morgan fingerprint density at radius 1 is 1.11 bits per heavy atom. The lowest BCUT2D eigenvalue weighted by Gasteiger charge is -2.39. The average molecular weight is 409 g/mol. The van der Waals surface area contributed by atoms with E-state index in [2.05, 4.69) is 6.07 Å². The first-order valence-corrected chi connectivity index (χ1v) is 10.8. The molecule has 2 saturated heterocycles. The fraction of sp³-hybridized carbons (Fsp3) is 0.556. The van der Waals surface area contributed by atoms with Gasteiger partial charge in [0, 0.05) is 45.2 Å². The number of hydrogen-bond donors (Lipinski definition) is 1. The molecule has 0 bridgehead atoms. The molecule has 1 atom stereocenters. The number of nitrogens with two attached hydrogens (primary N) is 1. The van der Waals surface area contributed by atoms with Gasteiger partial charge in [-0.25, -0.2) is 9.53 Å². The van der Waals surface area contributed by atoms with Gasteiger partial charge in [0.2, 0.25) is 5.91 Å². The Balaban J connectivity index is 1.54. The predicted molar refractivity (Wildman–Crippen MR) is 100 cm³/mol. The topological polar surface area (TPSA) is 111 Å². The summed E-state index contributed by atoms with van der Waals surface area (Å²) in [5.41, 5.74) is 0.735. The first kappa shape index (κ1) is 20.7. The van der Waals surface area contributed by atoms with Crippen LogP contribution in [0.4, 0.5) is 4.39 Å². The summed E-state index contributed by atoms with van der Waals surface area (Å²) in [6, 6.07) is 7.69. The summed E-state index contributed by atoms with van der Waals surface area (Å²) in [5.74, 6) is -0.512. The van der Waals surface area contributed by atoms with E-state index in [1.165, 1.54) is 16.4 Å². The van der Waals surface area contributed by atoms with Gasteiger partial charge >= 0.3 is 0 Å². The van der Waals surface area contributed by atoms with Crippen LogP contribution >= 0.6 is 0 Å². The highest BCUT2D eigenvalue weighted by molar-refractivity contribution is 7.86. The van der Waals surface area contributed by atoms with Crippen LogP contribution in [-0.2, 0) is 15.0 Å². The van der Waals surface area contributed by atoms with Crippen LogP contribution in [0.1, 0.15) is 24.4 Å². The summed E-state index contributed by atoms with van der Waals surface area (Å²) in [6.45, 7) is 2.64. The summed E-state index contributed by atoms with van der Waals surface area (Å²) in [4.78, 5) is 16.5. The molecule has 1 unspecified atom stereocenters. The largest absolute Gasteiger partial charge is 0.340 e. The molecule has 1 amide bonds. The van der Waals surface area contributed by atoms with Crippen LogP contribution in [0.3, 0.4) is 0 Å². The van der Waals surface area contributed by atoms with E-state index in [9.17, 15) is 22.9 Å². The van der Waals surface area contributed by atoms with Crippen LogP contribution < -0.4 is 5.14 Å². The number of piperazine rings is 1. The van der Waals surface area contributed by atoms with Gasteiger partial charge in [0.1, 0.15) is 11.9 Å². The normalized spacial score (nSPS) is 21.2. The fourth-order valence-corrected chi connectivity index (χ4v) is 4.55. The van der Waals surface area contributed by atoms with Crippen molar-refractivity contribution in [1.29, 1.82) is 5.26 Å². The lowest BCUT2D eigenvalue weighted by molar-refractivity contribution is -0.138. The molecule has 0 aliphatic carbocycles. The SMILES string of the molecule is N#CC(c1ccc(F)cc1)N1CCN(C(=O)C2CCN(S(N)(=O)=O)CC2)CC1. The average Bonchev–Trinajstić information content (AvgIpc) is 2.69. The molecule has 1 aromatic carbocycles. The molecule has 2 N–H and O–H groups in total. The summed E-state index contributed by atoms with van der Waals surface area (Å²) in [7, 11) is -3.70. The van der Waals surface area contributed by atoms with Crippen LogP contribution in [0.25, 0.3) is 0 Å². The van der Waals surface area contributed by atoms with Crippen molar-refractivity contribution in [3.63, 3.8) is 0 Å². The van der Waals surface area contributed by atoms with Gasteiger partial charge in [-0.15, -0.1) is 0 Å². The third-order valence-corrected chi connectivity index (χ3v) is 6.55. The van der Waals surface area contributed by atoms with Gasteiger partial charge < -0.3 is 4.90 Å². The minimum Gasteiger partial charge on any atom is -0.340 e. The van der Waals surface area contributed by atoms with Crippen LogP contribution in [0.15, 0.2) is 24.3 Å². The minimum absolute atomic E-state index is 0.0315. The van der Waals surface area contributed by atoms with E-state index in [0.717, 1.165) is 5.56 Å². The van der Waals surface area contributed by atoms with Crippen LogP contribution in [0.2, 0.25) is 0 Å². The number of amides is 1. The number of hydrogen-bond acceptors (Lipinski definition) is 5. The number of nitriles is 1. The van der Waals surface area contributed by atoms with Gasteiger partial charge in [-0.05, 0) is 30.5 Å². The smallest absolute Gasteiger partial charge is 0.276 e. The lowest BCUT2D eigenvalue weighted by Crippen LogP contribution is -2.52. The van der Waals surface area contributed by atoms with Crippen molar-refractivity contribution in [2.75, 3.05) is 39.3 Å². The molecular formula is C18H24FN5O3S. The van der Waals surface area contributed by atoms with Crippen molar-refractivity contribution < 1.29 is 17.6 Å². The van der Waals surface area contributed by atoms with Gasteiger partial charge in [0.05, 0.1) is 6.07 Å². The first-order chi connectivity index (χ1) is 13.3. The zero-order chi connectivity index (χ0) is 20.3. The van der Waals surface area contributed by atoms with E-state index in [0.29, 0.717) is 39.0 Å². The molecule has 2 fully saturated rings. The molecular weight excluding hydrogens is 385 g/mol. The molecule has 2 heterocycles. The molecule has 8 nitrogen and oxygen atoms in total. The van der Waals surface area contributed by atoms with Gasteiger partial charge in [0.25, 0.3) is 10.2 Å². The second kappa shape index (κ2) is 8.53. The van der Waals surface area contributed by atoms with Gasteiger partial charge in [0.15, 0.2) is 0 Å². The molecule has 0 radical (unpaired) electrons. The number of carbonyl (C=O) groups excluding carboxylic acids is 1. The van der Waals surface area contributed by atoms with Crippen LogP contribution in [0.5, 0.6) is 0 Å². The Morgan fingerprint density at radius 3 is 2.18 bits per heavy atom.